The Morgan fingerprint density at radius 1 is 0.929 bits per heavy atom. The first-order valence-corrected chi connectivity index (χ1v) is 14.7. The van der Waals surface area contributed by atoms with Crippen LogP contribution >= 0.6 is 11.3 Å². The molecule has 0 saturated heterocycles. The predicted molar refractivity (Wildman–Crippen MR) is 167 cm³/mol. The number of aliphatic carboxylic acids is 1. The molecule has 42 heavy (non-hydrogen) atoms. The SMILES string of the molecule is Cc1cc(C)cc(C(=O)N(C)[C@H](Cc2ccc(-c3ccsc3)cc2)C(=O)N[C@@H](Cc2c[nH]c3ccccc23)C(=O)O)c1. The number of hydrogen-bond acceptors (Lipinski definition) is 4. The van der Waals surface area contributed by atoms with Crippen molar-refractivity contribution >= 4 is 40.0 Å². The Kier molecular flexibility index (Phi) is 8.54. The molecule has 0 fully saturated rings. The molecule has 2 aromatic heterocycles. The van der Waals surface area contributed by atoms with Crippen LogP contribution in [0.4, 0.5) is 0 Å². The molecule has 2 heterocycles. The molecule has 0 unspecified atom stereocenters. The molecule has 2 amide bonds. The maximum atomic E-state index is 13.8. The van der Waals surface area contributed by atoms with E-state index in [-0.39, 0.29) is 18.7 Å². The van der Waals surface area contributed by atoms with Crippen LogP contribution in [0.1, 0.15) is 32.6 Å². The third kappa shape index (κ3) is 6.44. The van der Waals surface area contributed by atoms with E-state index in [1.807, 2.05) is 79.9 Å². The molecular weight excluding hydrogens is 546 g/mol. The number of fused-ring (bicyclic) bond motifs is 1. The van der Waals surface area contributed by atoms with Crippen molar-refractivity contribution in [1.29, 1.82) is 0 Å². The number of carbonyl (C=O) groups is 3. The normalized spacial score (nSPS) is 12.5. The van der Waals surface area contributed by atoms with Gasteiger partial charge in [-0.25, -0.2) is 4.79 Å². The number of nitrogens with one attached hydrogen (secondary N) is 2. The first-order chi connectivity index (χ1) is 20.2. The molecule has 2 atom stereocenters. The van der Waals surface area contributed by atoms with E-state index in [4.69, 9.17) is 0 Å². The highest BCUT2D eigenvalue weighted by atomic mass is 32.1. The Morgan fingerprint density at radius 2 is 1.64 bits per heavy atom. The number of benzene rings is 3. The first-order valence-electron chi connectivity index (χ1n) is 13.7. The number of carboxylic acids is 1. The van der Waals surface area contributed by atoms with E-state index < -0.39 is 24.0 Å². The average molecular weight is 580 g/mol. The van der Waals surface area contributed by atoms with E-state index in [9.17, 15) is 19.5 Å². The molecule has 0 aliphatic rings. The van der Waals surface area contributed by atoms with Crippen molar-refractivity contribution in [2.45, 2.75) is 38.8 Å². The molecule has 5 rings (SSSR count). The third-order valence-corrected chi connectivity index (χ3v) is 8.19. The molecule has 3 N–H and O–H groups in total. The van der Waals surface area contributed by atoms with Crippen LogP contribution in [0.3, 0.4) is 0 Å². The lowest BCUT2D eigenvalue weighted by Gasteiger charge is -2.29. The van der Waals surface area contributed by atoms with E-state index in [2.05, 4.69) is 15.7 Å². The fraction of sp³-hybridized carbons (Fsp3) is 0.206. The summed E-state index contributed by atoms with van der Waals surface area (Å²) in [6.45, 7) is 3.84. The summed E-state index contributed by atoms with van der Waals surface area (Å²) in [4.78, 5) is 44.4. The smallest absolute Gasteiger partial charge is 0.326 e. The molecule has 5 aromatic rings. The highest BCUT2D eigenvalue weighted by Gasteiger charge is 2.32. The highest BCUT2D eigenvalue weighted by Crippen LogP contribution is 2.24. The first kappa shape index (κ1) is 28.8. The summed E-state index contributed by atoms with van der Waals surface area (Å²) in [7, 11) is 1.60. The summed E-state index contributed by atoms with van der Waals surface area (Å²) in [5.41, 5.74) is 7.09. The zero-order chi connectivity index (χ0) is 29.8. The van der Waals surface area contributed by atoms with Gasteiger partial charge in [-0.05, 0) is 71.1 Å². The minimum atomic E-state index is -1.18. The van der Waals surface area contributed by atoms with Crippen molar-refractivity contribution in [1.82, 2.24) is 15.2 Å². The summed E-state index contributed by atoms with van der Waals surface area (Å²) in [5, 5.41) is 17.8. The molecule has 3 aromatic carbocycles. The molecule has 0 saturated carbocycles. The maximum absolute atomic E-state index is 13.8. The lowest BCUT2D eigenvalue weighted by Crippen LogP contribution is -2.53. The number of aryl methyl sites for hydroxylation is 2. The van der Waals surface area contributed by atoms with Gasteiger partial charge in [0.25, 0.3) is 5.91 Å². The van der Waals surface area contributed by atoms with Gasteiger partial charge in [0.2, 0.25) is 5.91 Å². The standard InChI is InChI=1S/C34H33N3O4S/c1-21-14-22(2)16-26(15-21)33(39)37(3)31(17-23-8-10-24(11-9-23)25-12-13-42-20-25)32(38)36-30(34(40)41)18-27-19-35-29-7-5-4-6-28(27)29/h4-16,19-20,30-31,35H,17-18H2,1-3H3,(H,36,38)(H,40,41)/t30-,31+/m0/s1. The number of thiophene rings is 1. The van der Waals surface area contributed by atoms with Gasteiger partial charge in [0.05, 0.1) is 0 Å². The van der Waals surface area contributed by atoms with E-state index in [0.29, 0.717) is 5.56 Å². The molecule has 214 valence electrons. The second-order valence-corrected chi connectivity index (χ2v) is 11.5. The van der Waals surface area contributed by atoms with Gasteiger partial charge in [0.15, 0.2) is 0 Å². The minimum Gasteiger partial charge on any atom is -0.480 e. The van der Waals surface area contributed by atoms with Crippen LogP contribution in [0.5, 0.6) is 0 Å². The molecule has 7 nitrogen and oxygen atoms in total. The van der Waals surface area contributed by atoms with Crippen molar-refractivity contribution in [2.75, 3.05) is 7.05 Å². The van der Waals surface area contributed by atoms with Crippen molar-refractivity contribution in [3.05, 3.63) is 118 Å². The van der Waals surface area contributed by atoms with Gasteiger partial charge < -0.3 is 20.3 Å². The van der Waals surface area contributed by atoms with Gasteiger partial charge in [0.1, 0.15) is 12.1 Å². The number of rotatable bonds is 10. The number of aromatic amines is 1. The topological polar surface area (TPSA) is 103 Å². The lowest BCUT2D eigenvalue weighted by molar-refractivity contribution is -0.142. The number of amides is 2. The Balaban J connectivity index is 1.42. The van der Waals surface area contributed by atoms with Crippen molar-refractivity contribution < 1.29 is 19.5 Å². The van der Waals surface area contributed by atoms with Gasteiger partial charge >= 0.3 is 5.97 Å². The highest BCUT2D eigenvalue weighted by molar-refractivity contribution is 7.08. The van der Waals surface area contributed by atoms with E-state index in [1.54, 1.807) is 36.7 Å². The fourth-order valence-corrected chi connectivity index (χ4v) is 5.99. The summed E-state index contributed by atoms with van der Waals surface area (Å²) in [6.07, 6.45) is 2.10. The number of carboxylic acid groups (broad SMARTS) is 1. The maximum Gasteiger partial charge on any atom is 0.326 e. The Bertz CT molecular complexity index is 1700. The van der Waals surface area contributed by atoms with Crippen LogP contribution in [0.15, 0.2) is 89.8 Å². The van der Waals surface area contributed by atoms with E-state index >= 15 is 0 Å². The quantitative estimate of drug-likeness (QED) is 0.189. The fourth-order valence-electron chi connectivity index (χ4n) is 5.32. The summed E-state index contributed by atoms with van der Waals surface area (Å²) < 4.78 is 0. The Labute approximate surface area is 248 Å². The largest absolute Gasteiger partial charge is 0.480 e. The predicted octanol–water partition coefficient (Wildman–Crippen LogP) is 6.01. The zero-order valence-corrected chi connectivity index (χ0v) is 24.6. The molecule has 0 radical (unpaired) electrons. The van der Waals surface area contributed by atoms with Crippen LogP contribution in [0.25, 0.3) is 22.0 Å². The van der Waals surface area contributed by atoms with Crippen LogP contribution < -0.4 is 5.32 Å². The van der Waals surface area contributed by atoms with Crippen molar-refractivity contribution in [2.24, 2.45) is 0 Å². The van der Waals surface area contributed by atoms with Crippen LogP contribution in [-0.2, 0) is 22.4 Å². The second-order valence-electron chi connectivity index (χ2n) is 10.7. The van der Waals surface area contributed by atoms with E-state index in [0.717, 1.165) is 44.3 Å². The van der Waals surface area contributed by atoms with Crippen LogP contribution in [-0.4, -0.2) is 51.9 Å². The van der Waals surface area contributed by atoms with Gasteiger partial charge in [-0.2, -0.15) is 11.3 Å². The summed E-state index contributed by atoms with van der Waals surface area (Å²) >= 11 is 1.62. The van der Waals surface area contributed by atoms with E-state index in [1.165, 1.54) is 4.90 Å². The van der Waals surface area contributed by atoms with Crippen molar-refractivity contribution in [3.63, 3.8) is 0 Å². The third-order valence-electron chi connectivity index (χ3n) is 7.51. The Morgan fingerprint density at radius 3 is 2.31 bits per heavy atom. The summed E-state index contributed by atoms with van der Waals surface area (Å²) in [5.74, 6) is -1.97. The van der Waals surface area contributed by atoms with Gasteiger partial charge in [-0.15, -0.1) is 0 Å². The molecule has 0 aliphatic carbocycles. The number of H-pyrrole nitrogens is 1. The van der Waals surface area contributed by atoms with Gasteiger partial charge in [-0.1, -0.05) is 59.7 Å². The van der Waals surface area contributed by atoms with Crippen LogP contribution in [0.2, 0.25) is 0 Å². The molecular formula is C34H33N3O4S. The summed E-state index contributed by atoms with van der Waals surface area (Å²) in [6, 6.07) is 21.0. The molecule has 8 heteroatoms. The number of hydrogen-bond donors (Lipinski definition) is 3. The van der Waals surface area contributed by atoms with Crippen molar-refractivity contribution in [3.8, 4) is 11.1 Å². The number of para-hydroxylation sites is 1. The molecule has 0 spiro atoms. The molecule has 0 bridgehead atoms. The lowest BCUT2D eigenvalue weighted by atomic mass is 9.99. The molecule has 0 aliphatic heterocycles. The number of aromatic nitrogens is 1. The minimum absolute atomic E-state index is 0.0991. The number of nitrogens with zero attached hydrogens (tertiary/aromatic N) is 1. The average Bonchev–Trinajstić information content (AvgIpc) is 3.65. The number of likely N-dealkylation sites (N-methyl/N-ethyl adjacent to an activating group) is 1. The Hall–Kier alpha value is -4.69. The monoisotopic (exact) mass is 579 g/mol. The second kappa shape index (κ2) is 12.4. The van der Waals surface area contributed by atoms with Crippen LogP contribution in [0, 0.1) is 13.8 Å². The zero-order valence-electron chi connectivity index (χ0n) is 23.8. The van der Waals surface area contributed by atoms with Gasteiger partial charge in [-0.3, -0.25) is 9.59 Å². The van der Waals surface area contributed by atoms with Gasteiger partial charge in [0, 0.05) is 42.6 Å². The number of carbonyl (C=O) groups excluding carboxylic acids is 2.